The van der Waals surface area contributed by atoms with Gasteiger partial charge in [0.1, 0.15) is 4.47 Å². The fourth-order valence-corrected chi connectivity index (χ4v) is 2.01. The average Bonchev–Trinajstić information content (AvgIpc) is 2.32. The van der Waals surface area contributed by atoms with Gasteiger partial charge in [0.15, 0.2) is 0 Å². The summed E-state index contributed by atoms with van der Waals surface area (Å²) < 4.78 is 7.69. The van der Waals surface area contributed by atoms with Crippen LogP contribution < -0.4 is 11.2 Å². The summed E-state index contributed by atoms with van der Waals surface area (Å²) in [5, 5.41) is 0. The number of nitrogens with zero attached hydrogens (tertiary/aromatic N) is 2. The smallest absolute Gasteiger partial charge is 0.330 e. The van der Waals surface area contributed by atoms with E-state index in [2.05, 4.69) is 15.9 Å². The van der Waals surface area contributed by atoms with Crippen LogP contribution in [-0.2, 0) is 23.1 Å². The Kier molecular flexibility index (Phi) is 4.89. The van der Waals surface area contributed by atoms with Crippen molar-refractivity contribution in [2.24, 2.45) is 7.05 Å². The quantitative estimate of drug-likeness (QED) is 0.601. The number of ether oxygens (including phenoxy) is 1. The Labute approximate surface area is 112 Å². The standard InChI is InChI=1S/C11H15BrN2O4/c1-7-9(12)10(16)13(3)11(17)14(7)5-4-6-18-8(2)15/h4-6H2,1-3H3. The molecule has 0 radical (unpaired) electrons. The van der Waals surface area contributed by atoms with Crippen molar-refractivity contribution in [3.8, 4) is 0 Å². The van der Waals surface area contributed by atoms with Gasteiger partial charge in [0.25, 0.3) is 5.56 Å². The van der Waals surface area contributed by atoms with Crippen molar-refractivity contribution < 1.29 is 9.53 Å². The Morgan fingerprint density at radius 1 is 1.39 bits per heavy atom. The fourth-order valence-electron chi connectivity index (χ4n) is 1.53. The highest BCUT2D eigenvalue weighted by Gasteiger charge is 2.11. The summed E-state index contributed by atoms with van der Waals surface area (Å²) in [4.78, 5) is 34.1. The summed E-state index contributed by atoms with van der Waals surface area (Å²) in [7, 11) is 1.43. The molecule has 0 aliphatic rings. The fraction of sp³-hybridized carbons (Fsp3) is 0.545. The van der Waals surface area contributed by atoms with Gasteiger partial charge in [0, 0.05) is 26.2 Å². The molecule has 0 unspecified atom stereocenters. The number of carbonyl (C=O) groups is 1. The summed E-state index contributed by atoms with van der Waals surface area (Å²) in [6.45, 7) is 3.67. The minimum absolute atomic E-state index is 0.252. The summed E-state index contributed by atoms with van der Waals surface area (Å²) >= 11 is 3.17. The molecule has 1 heterocycles. The minimum Gasteiger partial charge on any atom is -0.466 e. The maximum atomic E-state index is 11.9. The first-order valence-corrected chi connectivity index (χ1v) is 6.25. The van der Waals surface area contributed by atoms with Crippen LogP contribution in [0, 0.1) is 6.92 Å². The van der Waals surface area contributed by atoms with Crippen molar-refractivity contribution in [1.82, 2.24) is 9.13 Å². The van der Waals surface area contributed by atoms with E-state index in [0.29, 0.717) is 23.1 Å². The Hall–Kier alpha value is -1.37. The molecule has 0 spiro atoms. The van der Waals surface area contributed by atoms with Crippen molar-refractivity contribution in [3.05, 3.63) is 31.0 Å². The number of aromatic nitrogens is 2. The van der Waals surface area contributed by atoms with Gasteiger partial charge in [0.05, 0.1) is 6.61 Å². The number of esters is 1. The van der Waals surface area contributed by atoms with E-state index in [0.717, 1.165) is 4.57 Å². The molecule has 1 aromatic rings. The van der Waals surface area contributed by atoms with E-state index >= 15 is 0 Å². The molecule has 0 aromatic carbocycles. The summed E-state index contributed by atoms with van der Waals surface area (Å²) in [6, 6.07) is 0. The van der Waals surface area contributed by atoms with Crippen LogP contribution in [0.2, 0.25) is 0 Å². The summed E-state index contributed by atoms with van der Waals surface area (Å²) in [5.74, 6) is -0.347. The van der Waals surface area contributed by atoms with E-state index < -0.39 is 0 Å². The first kappa shape index (κ1) is 14.7. The Balaban J connectivity index is 2.93. The molecule has 6 nitrogen and oxygen atoms in total. The van der Waals surface area contributed by atoms with Gasteiger partial charge in [0.2, 0.25) is 0 Å². The number of carbonyl (C=O) groups excluding carboxylic acids is 1. The van der Waals surface area contributed by atoms with E-state index in [4.69, 9.17) is 4.74 Å². The van der Waals surface area contributed by atoms with Gasteiger partial charge in [-0.2, -0.15) is 0 Å². The highest BCUT2D eigenvalue weighted by molar-refractivity contribution is 9.10. The third-order valence-corrected chi connectivity index (χ3v) is 3.48. The maximum Gasteiger partial charge on any atom is 0.330 e. The molecule has 18 heavy (non-hydrogen) atoms. The van der Waals surface area contributed by atoms with E-state index in [1.165, 1.54) is 18.5 Å². The van der Waals surface area contributed by atoms with Crippen LogP contribution in [0.15, 0.2) is 14.1 Å². The van der Waals surface area contributed by atoms with Gasteiger partial charge >= 0.3 is 11.7 Å². The average molecular weight is 319 g/mol. The summed E-state index contributed by atoms with van der Waals surface area (Å²) in [5.41, 5.74) is -0.150. The normalized spacial score (nSPS) is 10.4. The second kappa shape index (κ2) is 5.99. The third kappa shape index (κ3) is 3.10. The van der Waals surface area contributed by atoms with E-state index in [1.807, 2.05) is 0 Å². The predicted octanol–water partition coefficient (Wildman–Crippen LogP) is 0.571. The Morgan fingerprint density at radius 2 is 2.00 bits per heavy atom. The molecule has 0 bridgehead atoms. The zero-order chi connectivity index (χ0) is 13.9. The zero-order valence-corrected chi connectivity index (χ0v) is 12.1. The Morgan fingerprint density at radius 3 is 2.56 bits per heavy atom. The monoisotopic (exact) mass is 318 g/mol. The van der Waals surface area contributed by atoms with E-state index in [-0.39, 0.29) is 23.8 Å². The van der Waals surface area contributed by atoms with Gasteiger partial charge in [-0.05, 0) is 29.3 Å². The molecule has 1 aromatic heterocycles. The van der Waals surface area contributed by atoms with Crippen molar-refractivity contribution in [2.45, 2.75) is 26.8 Å². The Bertz CT molecular complexity index is 574. The van der Waals surface area contributed by atoms with Crippen LogP contribution in [0.3, 0.4) is 0 Å². The van der Waals surface area contributed by atoms with Crippen molar-refractivity contribution >= 4 is 21.9 Å². The first-order valence-electron chi connectivity index (χ1n) is 5.45. The topological polar surface area (TPSA) is 70.3 Å². The second-order valence-electron chi connectivity index (χ2n) is 3.89. The highest BCUT2D eigenvalue weighted by Crippen LogP contribution is 2.08. The molecular formula is C11H15BrN2O4. The third-order valence-electron chi connectivity index (χ3n) is 2.56. The molecule has 0 aliphatic carbocycles. The van der Waals surface area contributed by atoms with Crippen molar-refractivity contribution in [2.75, 3.05) is 6.61 Å². The van der Waals surface area contributed by atoms with Crippen molar-refractivity contribution in [1.29, 1.82) is 0 Å². The number of halogens is 1. The number of hydrogen-bond acceptors (Lipinski definition) is 4. The van der Waals surface area contributed by atoms with Crippen LogP contribution in [0.4, 0.5) is 0 Å². The van der Waals surface area contributed by atoms with Crippen LogP contribution in [0.5, 0.6) is 0 Å². The second-order valence-corrected chi connectivity index (χ2v) is 4.68. The number of hydrogen-bond donors (Lipinski definition) is 0. The molecule has 0 saturated carbocycles. The lowest BCUT2D eigenvalue weighted by molar-refractivity contribution is -0.141. The van der Waals surface area contributed by atoms with Crippen LogP contribution in [-0.4, -0.2) is 21.7 Å². The van der Waals surface area contributed by atoms with Crippen LogP contribution in [0.1, 0.15) is 19.0 Å². The molecule has 0 atom stereocenters. The molecular weight excluding hydrogens is 304 g/mol. The summed E-state index contributed by atoms with van der Waals surface area (Å²) in [6.07, 6.45) is 0.519. The van der Waals surface area contributed by atoms with Gasteiger partial charge in [-0.15, -0.1) is 0 Å². The van der Waals surface area contributed by atoms with Gasteiger partial charge < -0.3 is 4.74 Å². The van der Waals surface area contributed by atoms with Crippen LogP contribution in [0.25, 0.3) is 0 Å². The molecule has 0 fully saturated rings. The van der Waals surface area contributed by atoms with Gasteiger partial charge in [-0.3, -0.25) is 18.7 Å². The first-order chi connectivity index (χ1) is 8.36. The molecule has 7 heteroatoms. The molecule has 0 N–H and O–H groups in total. The molecule has 1 rings (SSSR count). The molecule has 100 valence electrons. The van der Waals surface area contributed by atoms with Crippen LogP contribution >= 0.6 is 15.9 Å². The SMILES string of the molecule is CC(=O)OCCCn1c(C)c(Br)c(=O)n(C)c1=O. The van der Waals surface area contributed by atoms with E-state index in [9.17, 15) is 14.4 Å². The molecule has 0 amide bonds. The lowest BCUT2D eigenvalue weighted by Gasteiger charge is -2.12. The van der Waals surface area contributed by atoms with Gasteiger partial charge in [-0.1, -0.05) is 0 Å². The lowest BCUT2D eigenvalue weighted by Crippen LogP contribution is -2.40. The predicted molar refractivity (Wildman–Crippen MR) is 69.6 cm³/mol. The maximum absolute atomic E-state index is 11.9. The molecule has 0 saturated heterocycles. The number of rotatable bonds is 4. The van der Waals surface area contributed by atoms with E-state index in [1.54, 1.807) is 6.92 Å². The van der Waals surface area contributed by atoms with Crippen molar-refractivity contribution in [3.63, 3.8) is 0 Å². The minimum atomic E-state index is -0.372. The molecule has 0 aliphatic heterocycles. The largest absolute Gasteiger partial charge is 0.466 e. The van der Waals surface area contributed by atoms with Gasteiger partial charge in [-0.25, -0.2) is 4.79 Å². The lowest BCUT2D eigenvalue weighted by atomic mass is 10.3. The highest BCUT2D eigenvalue weighted by atomic mass is 79.9. The zero-order valence-electron chi connectivity index (χ0n) is 10.5.